The van der Waals surface area contributed by atoms with E-state index in [1.54, 1.807) is 24.3 Å². The van der Waals surface area contributed by atoms with E-state index in [0.29, 0.717) is 81.6 Å². The van der Waals surface area contributed by atoms with E-state index in [0.717, 1.165) is 36.7 Å². The summed E-state index contributed by atoms with van der Waals surface area (Å²) in [6.07, 6.45) is 4.65. The van der Waals surface area contributed by atoms with Gasteiger partial charge in [0.2, 0.25) is 5.76 Å². The number of rotatable bonds is 25. The zero-order chi connectivity index (χ0) is 61.1. The lowest BCUT2D eigenvalue weighted by atomic mass is 9.44. The molecule has 6 N–H and O–H groups in total. The first kappa shape index (κ1) is 64.3. The number of hydrogen-bond donors (Lipinski definition) is 6. The number of aliphatic hydroxyl groups excluding tert-OH is 4. The Morgan fingerprint density at radius 1 is 0.824 bits per heavy atom. The van der Waals surface area contributed by atoms with E-state index < -0.39 is 80.6 Å². The van der Waals surface area contributed by atoms with Crippen LogP contribution in [0.15, 0.2) is 96.4 Å². The number of hydrogen-bond acceptors (Lipinski definition) is 12. The molecule has 17 heteroatoms. The summed E-state index contributed by atoms with van der Waals surface area (Å²) < 4.78 is 52.4. The lowest BCUT2D eigenvalue weighted by Crippen LogP contribution is -2.54. The number of ether oxygens (including phenoxy) is 2. The Morgan fingerprint density at radius 3 is 2.15 bits per heavy atom. The minimum atomic E-state index is -5.13. The van der Waals surface area contributed by atoms with Crippen molar-refractivity contribution in [3.63, 3.8) is 0 Å². The molecule has 4 saturated carbocycles. The van der Waals surface area contributed by atoms with Gasteiger partial charge in [0.1, 0.15) is 11.9 Å². The van der Waals surface area contributed by atoms with Crippen LogP contribution in [-0.4, -0.2) is 84.9 Å². The summed E-state index contributed by atoms with van der Waals surface area (Å²) in [5.74, 6) is -0.211. The van der Waals surface area contributed by atoms with Crippen molar-refractivity contribution < 1.29 is 67.2 Å². The summed E-state index contributed by atoms with van der Waals surface area (Å²) >= 11 is 0. The predicted octanol–water partition coefficient (Wildman–Crippen LogP) is 13.5. The summed E-state index contributed by atoms with van der Waals surface area (Å²) in [7, 11) is -5.13. The van der Waals surface area contributed by atoms with Crippen molar-refractivity contribution in [2.45, 2.75) is 195 Å². The quantitative estimate of drug-likeness (QED) is 0.0269. The number of amides is 1. The van der Waals surface area contributed by atoms with Crippen molar-refractivity contribution in [2.24, 2.45) is 58.2 Å². The van der Waals surface area contributed by atoms with Gasteiger partial charge < -0.3 is 44.3 Å². The standard InChI is InChI=1S/C68H92FN2O13P/c1-9-43(40(2)3)21-20-42(6)53-28-29-54-52-27-24-46-36-51(30-33-67(46,7)55(52)31-34-68(53,54)8)83-85(79,80)84-64-63(62(56(75)39-72)82-66(64)78)81-57(76)38-50(74)37-49(73)32-35-71-60(41(4)5)59(65(77)70-48-18-14-11-15-19-48)58(44-16-12-10-13-17-44)61(71)45-22-25-47(69)26-23-45/h10-19,22-23,25-26,40-43,46,49-56,62,72-75H,9,20-21,24,27-39H2,1-8H3,(H,70,77)(H,79,80)/t42-,43-,46+,49-,50-,51+,52+,53-,54+,55+,56?,62?,67+,68-/m1/s1. The van der Waals surface area contributed by atoms with Gasteiger partial charge >= 0.3 is 19.8 Å². The number of anilines is 1. The molecule has 4 aliphatic carbocycles. The first-order chi connectivity index (χ1) is 40.5. The van der Waals surface area contributed by atoms with Gasteiger partial charge in [0.15, 0.2) is 6.10 Å². The maximum atomic E-state index is 14.5. The Balaban J connectivity index is 0.849. The molecule has 9 rings (SSSR count). The summed E-state index contributed by atoms with van der Waals surface area (Å²) in [5, 5.41) is 46.5. The number of para-hydroxylation sites is 1. The molecule has 2 heterocycles. The van der Waals surface area contributed by atoms with Gasteiger partial charge in [0, 0.05) is 23.5 Å². The molecule has 0 saturated heterocycles. The Bertz CT molecular complexity index is 3040. The summed E-state index contributed by atoms with van der Waals surface area (Å²) in [6, 6.07) is 24.4. The van der Waals surface area contributed by atoms with Crippen LogP contribution in [0.5, 0.6) is 0 Å². The van der Waals surface area contributed by atoms with Crippen LogP contribution in [0.2, 0.25) is 0 Å². The average molecular weight is 1200 g/mol. The molecule has 1 aromatic heterocycles. The van der Waals surface area contributed by atoms with E-state index in [1.165, 1.54) is 57.1 Å². The molecular formula is C68H92FN2O13P. The normalized spacial score (nSPS) is 28.1. The van der Waals surface area contributed by atoms with E-state index in [2.05, 4.69) is 46.9 Å². The highest BCUT2D eigenvalue weighted by Gasteiger charge is 2.61. The molecule has 1 aliphatic heterocycles. The molecule has 15 nitrogen and oxygen atoms in total. The van der Waals surface area contributed by atoms with Crippen LogP contribution in [0, 0.1) is 64.0 Å². The number of cyclic esters (lactones) is 1. The number of halogens is 1. The minimum Gasteiger partial charge on any atom is -0.445 e. The third-order valence-corrected chi connectivity index (χ3v) is 21.9. The molecule has 3 unspecified atom stereocenters. The second-order valence-electron chi connectivity index (χ2n) is 26.7. The number of phosphoric acid groups is 1. The fraction of sp³-hybridized carbons (Fsp3) is 0.603. The van der Waals surface area contributed by atoms with Crippen LogP contribution < -0.4 is 5.32 Å². The molecular weight excluding hydrogens is 1100 g/mol. The fourth-order valence-corrected chi connectivity index (χ4v) is 17.7. The number of nitrogens with zero attached hydrogens (tertiary/aromatic N) is 1. The highest BCUT2D eigenvalue weighted by Crippen LogP contribution is 2.69. The Morgan fingerprint density at radius 2 is 1.49 bits per heavy atom. The molecule has 464 valence electrons. The topological polar surface area (TPSA) is 223 Å². The van der Waals surface area contributed by atoms with Gasteiger partial charge in [-0.2, -0.15) is 0 Å². The number of benzene rings is 3. The van der Waals surface area contributed by atoms with Gasteiger partial charge in [0.25, 0.3) is 11.7 Å². The third kappa shape index (κ3) is 13.9. The molecule has 4 aromatic rings. The molecule has 0 bridgehead atoms. The highest BCUT2D eigenvalue weighted by molar-refractivity contribution is 7.47. The third-order valence-electron chi connectivity index (χ3n) is 20.9. The van der Waals surface area contributed by atoms with Crippen molar-refractivity contribution in [1.82, 2.24) is 4.57 Å². The Labute approximate surface area is 501 Å². The zero-order valence-corrected chi connectivity index (χ0v) is 51.9. The van der Waals surface area contributed by atoms with Crippen LogP contribution >= 0.6 is 7.82 Å². The SMILES string of the molecule is CC[C@H](CC[C@@H](C)[C@H]1CC[C@H]2[C@@H]3CC[C@H]4C[C@@H](OP(=O)(O)OC5=C(OC(=O)C[C@H](O)C[C@H](O)CCn6c(-c7ccc(F)cc7)c(-c7ccccc7)c(C(=O)Nc7ccccc7)c6C(C)C)C(C(O)CO)OC5=O)CC[C@]4(C)[C@H]3CC[C@]12C)C(C)C. The maximum Gasteiger partial charge on any atom is 0.528 e. The first-order valence-corrected chi connectivity index (χ1v) is 32.9. The van der Waals surface area contributed by atoms with Crippen molar-refractivity contribution in [3.05, 3.63) is 114 Å². The molecule has 4 fully saturated rings. The fourth-order valence-electron chi connectivity index (χ4n) is 16.6. The number of aliphatic hydroxyl groups is 4. The number of nitrogens with one attached hydrogen (secondary N) is 1. The zero-order valence-electron chi connectivity index (χ0n) is 51.0. The average Bonchev–Trinajstić information content (AvgIpc) is 1.88. The second-order valence-corrected chi connectivity index (χ2v) is 28.0. The molecule has 15 atom stereocenters. The number of carbonyl (C=O) groups is 3. The van der Waals surface area contributed by atoms with Crippen LogP contribution in [0.25, 0.3) is 22.4 Å². The number of fused-ring (bicyclic) bond motifs is 5. The molecule has 0 spiro atoms. The van der Waals surface area contributed by atoms with Crippen molar-refractivity contribution in [3.8, 4) is 22.4 Å². The lowest BCUT2D eigenvalue weighted by molar-refractivity contribution is -0.152. The van der Waals surface area contributed by atoms with Crippen molar-refractivity contribution in [2.75, 3.05) is 11.9 Å². The largest absolute Gasteiger partial charge is 0.528 e. The van der Waals surface area contributed by atoms with E-state index in [9.17, 15) is 48.7 Å². The minimum absolute atomic E-state index is 0.0188. The smallest absolute Gasteiger partial charge is 0.445 e. The summed E-state index contributed by atoms with van der Waals surface area (Å²) in [4.78, 5) is 52.9. The van der Waals surface area contributed by atoms with E-state index in [-0.39, 0.29) is 42.5 Å². The number of phosphoric ester groups is 1. The molecule has 1 amide bonds. The Kier molecular flexibility index (Phi) is 20.5. The summed E-state index contributed by atoms with van der Waals surface area (Å²) in [5.41, 5.74) is 4.57. The van der Waals surface area contributed by atoms with Crippen LogP contribution in [0.4, 0.5) is 10.1 Å². The molecule has 3 aromatic carbocycles. The van der Waals surface area contributed by atoms with Crippen molar-refractivity contribution >= 4 is 31.4 Å². The van der Waals surface area contributed by atoms with Crippen LogP contribution in [0.1, 0.15) is 174 Å². The van der Waals surface area contributed by atoms with Crippen LogP contribution in [0.3, 0.4) is 0 Å². The van der Waals surface area contributed by atoms with Gasteiger partial charge in [-0.1, -0.05) is 117 Å². The maximum absolute atomic E-state index is 14.5. The molecule has 5 aliphatic rings. The van der Waals surface area contributed by atoms with E-state index in [4.69, 9.17) is 18.5 Å². The lowest BCUT2D eigenvalue weighted by Gasteiger charge is -2.61. The summed E-state index contributed by atoms with van der Waals surface area (Å²) in [6.45, 7) is 17.6. The molecule has 85 heavy (non-hydrogen) atoms. The van der Waals surface area contributed by atoms with Crippen molar-refractivity contribution in [1.29, 1.82) is 0 Å². The number of carbonyl (C=O) groups excluding carboxylic acids is 3. The predicted molar refractivity (Wildman–Crippen MR) is 324 cm³/mol. The van der Waals surface area contributed by atoms with E-state index >= 15 is 0 Å². The highest BCUT2D eigenvalue weighted by atomic mass is 31.2. The second kappa shape index (κ2) is 27.1. The van der Waals surface area contributed by atoms with E-state index in [1.807, 2.05) is 66.9 Å². The number of esters is 2. The van der Waals surface area contributed by atoms with Gasteiger partial charge in [0.05, 0.1) is 42.6 Å². The van der Waals surface area contributed by atoms with Gasteiger partial charge in [-0.3, -0.25) is 19.0 Å². The van der Waals surface area contributed by atoms with Gasteiger partial charge in [-0.15, -0.1) is 0 Å². The monoisotopic (exact) mass is 1190 g/mol. The van der Waals surface area contributed by atoms with Crippen LogP contribution in [-0.2, 0) is 39.2 Å². The van der Waals surface area contributed by atoms with Gasteiger partial charge in [-0.25, -0.2) is 13.8 Å². The first-order valence-electron chi connectivity index (χ1n) is 31.4. The number of aromatic nitrogens is 1. The van der Waals surface area contributed by atoms with Gasteiger partial charge in [-0.05, 0) is 189 Å². The Hall–Kier alpha value is -5.19. The molecule has 0 radical (unpaired) electrons.